The van der Waals surface area contributed by atoms with Gasteiger partial charge in [-0.1, -0.05) is 35.5 Å². The Morgan fingerprint density at radius 3 is 2.81 bits per heavy atom. The number of aliphatic imine (C=N–C) groups is 1. The summed E-state index contributed by atoms with van der Waals surface area (Å²) in [6, 6.07) is 11.9. The SMILES string of the molecule is CCNC(=NCc1cc(-c2ccccc2)on1)NCCCOCC1CC1.I. The number of ether oxygens (including phenoxy) is 1. The lowest BCUT2D eigenvalue weighted by Gasteiger charge is -2.11. The summed E-state index contributed by atoms with van der Waals surface area (Å²) in [6.07, 6.45) is 3.65. The lowest BCUT2D eigenvalue weighted by atomic mass is 10.2. The van der Waals surface area contributed by atoms with Crippen molar-refractivity contribution in [2.75, 3.05) is 26.3 Å². The highest BCUT2D eigenvalue weighted by atomic mass is 127. The van der Waals surface area contributed by atoms with Crippen LogP contribution in [0.3, 0.4) is 0 Å². The molecule has 0 saturated heterocycles. The second-order valence-electron chi connectivity index (χ2n) is 6.54. The third kappa shape index (κ3) is 7.88. The Bertz CT molecular complexity index is 686. The second kappa shape index (κ2) is 12.0. The van der Waals surface area contributed by atoms with E-state index in [1.54, 1.807) is 0 Å². The van der Waals surface area contributed by atoms with E-state index < -0.39 is 0 Å². The monoisotopic (exact) mass is 484 g/mol. The predicted octanol–water partition coefficient (Wildman–Crippen LogP) is 3.83. The van der Waals surface area contributed by atoms with Crippen LogP contribution in [0.1, 0.15) is 31.9 Å². The highest BCUT2D eigenvalue weighted by molar-refractivity contribution is 14.0. The van der Waals surface area contributed by atoms with Gasteiger partial charge in [-0.2, -0.15) is 0 Å². The lowest BCUT2D eigenvalue weighted by molar-refractivity contribution is 0.123. The Balaban J connectivity index is 0.00000261. The fraction of sp³-hybridized carbons (Fsp3) is 0.500. The van der Waals surface area contributed by atoms with Gasteiger partial charge in [0.15, 0.2) is 11.7 Å². The van der Waals surface area contributed by atoms with Gasteiger partial charge in [0, 0.05) is 37.9 Å². The summed E-state index contributed by atoms with van der Waals surface area (Å²) >= 11 is 0. The summed E-state index contributed by atoms with van der Waals surface area (Å²) in [5.74, 6) is 2.38. The Kier molecular flexibility index (Phi) is 9.61. The first-order valence-electron chi connectivity index (χ1n) is 9.46. The number of hydrogen-bond acceptors (Lipinski definition) is 4. The lowest BCUT2D eigenvalue weighted by Crippen LogP contribution is -2.38. The van der Waals surface area contributed by atoms with E-state index >= 15 is 0 Å². The molecule has 1 saturated carbocycles. The molecule has 0 amide bonds. The van der Waals surface area contributed by atoms with Gasteiger partial charge in [0.2, 0.25) is 0 Å². The van der Waals surface area contributed by atoms with E-state index in [9.17, 15) is 0 Å². The van der Waals surface area contributed by atoms with Crippen molar-refractivity contribution < 1.29 is 9.26 Å². The Labute approximate surface area is 178 Å². The molecule has 1 aliphatic rings. The van der Waals surface area contributed by atoms with Crippen molar-refractivity contribution in [3.8, 4) is 11.3 Å². The molecule has 1 aliphatic carbocycles. The van der Waals surface area contributed by atoms with Gasteiger partial charge in [-0.25, -0.2) is 4.99 Å². The van der Waals surface area contributed by atoms with Crippen LogP contribution < -0.4 is 10.6 Å². The number of halogens is 1. The molecule has 0 unspecified atom stereocenters. The van der Waals surface area contributed by atoms with Gasteiger partial charge in [0.1, 0.15) is 5.69 Å². The quantitative estimate of drug-likeness (QED) is 0.232. The molecule has 3 rings (SSSR count). The van der Waals surface area contributed by atoms with Gasteiger partial charge in [-0.3, -0.25) is 0 Å². The van der Waals surface area contributed by atoms with Crippen LogP contribution in [0, 0.1) is 5.92 Å². The highest BCUT2D eigenvalue weighted by Gasteiger charge is 2.20. The largest absolute Gasteiger partial charge is 0.381 e. The van der Waals surface area contributed by atoms with E-state index in [4.69, 9.17) is 9.26 Å². The molecule has 2 aromatic rings. The molecular weight excluding hydrogens is 455 g/mol. The number of benzene rings is 1. The summed E-state index contributed by atoms with van der Waals surface area (Å²) < 4.78 is 11.1. The fourth-order valence-corrected chi connectivity index (χ4v) is 2.54. The molecular formula is C20H29IN4O2. The van der Waals surface area contributed by atoms with E-state index in [2.05, 4.69) is 27.7 Å². The van der Waals surface area contributed by atoms with Gasteiger partial charge in [-0.15, -0.1) is 24.0 Å². The third-order valence-corrected chi connectivity index (χ3v) is 4.17. The maximum Gasteiger partial charge on any atom is 0.191 e. The second-order valence-corrected chi connectivity index (χ2v) is 6.54. The first-order valence-corrected chi connectivity index (χ1v) is 9.46. The van der Waals surface area contributed by atoms with Crippen molar-refractivity contribution >= 4 is 29.9 Å². The van der Waals surface area contributed by atoms with Crippen LogP contribution in [-0.2, 0) is 11.3 Å². The Hall–Kier alpha value is -1.61. The zero-order valence-electron chi connectivity index (χ0n) is 15.8. The maximum absolute atomic E-state index is 5.65. The van der Waals surface area contributed by atoms with Crippen molar-refractivity contribution in [1.29, 1.82) is 0 Å². The highest BCUT2D eigenvalue weighted by Crippen LogP contribution is 2.28. The first-order chi connectivity index (χ1) is 12.8. The summed E-state index contributed by atoms with van der Waals surface area (Å²) in [7, 11) is 0. The molecule has 148 valence electrons. The summed E-state index contributed by atoms with van der Waals surface area (Å²) in [5, 5.41) is 10.7. The van der Waals surface area contributed by atoms with Crippen molar-refractivity contribution in [2.24, 2.45) is 10.9 Å². The van der Waals surface area contributed by atoms with Crippen LogP contribution in [0.25, 0.3) is 11.3 Å². The first kappa shape index (κ1) is 21.7. The third-order valence-electron chi connectivity index (χ3n) is 4.17. The minimum absolute atomic E-state index is 0. The normalized spacial score (nSPS) is 13.9. The molecule has 6 nitrogen and oxygen atoms in total. The molecule has 1 heterocycles. The van der Waals surface area contributed by atoms with Crippen LogP contribution in [0.2, 0.25) is 0 Å². The average Bonchev–Trinajstić information content (AvgIpc) is 3.38. The number of hydrogen-bond donors (Lipinski definition) is 2. The van der Waals surface area contributed by atoms with Crippen molar-refractivity contribution in [3.63, 3.8) is 0 Å². The van der Waals surface area contributed by atoms with Crippen LogP contribution in [0.15, 0.2) is 45.9 Å². The number of rotatable bonds is 10. The average molecular weight is 484 g/mol. The fourth-order valence-electron chi connectivity index (χ4n) is 2.54. The molecule has 27 heavy (non-hydrogen) atoms. The molecule has 1 aromatic carbocycles. The van der Waals surface area contributed by atoms with Crippen LogP contribution in [-0.4, -0.2) is 37.4 Å². The van der Waals surface area contributed by atoms with E-state index in [-0.39, 0.29) is 24.0 Å². The predicted molar refractivity (Wildman–Crippen MR) is 118 cm³/mol. The Morgan fingerprint density at radius 2 is 2.07 bits per heavy atom. The van der Waals surface area contributed by atoms with Crippen molar-refractivity contribution in [3.05, 3.63) is 42.1 Å². The maximum atomic E-state index is 5.65. The van der Waals surface area contributed by atoms with E-state index in [1.165, 1.54) is 12.8 Å². The van der Waals surface area contributed by atoms with Crippen LogP contribution >= 0.6 is 24.0 Å². The molecule has 1 aromatic heterocycles. The van der Waals surface area contributed by atoms with E-state index in [0.29, 0.717) is 6.54 Å². The molecule has 7 heteroatoms. The minimum atomic E-state index is 0. The summed E-state index contributed by atoms with van der Waals surface area (Å²) in [6.45, 7) is 5.91. The number of nitrogens with zero attached hydrogens (tertiary/aromatic N) is 2. The van der Waals surface area contributed by atoms with Gasteiger partial charge in [-0.05, 0) is 32.1 Å². The van der Waals surface area contributed by atoms with Gasteiger partial charge < -0.3 is 19.9 Å². The number of aromatic nitrogens is 1. The van der Waals surface area contributed by atoms with Crippen LogP contribution in [0.5, 0.6) is 0 Å². The zero-order chi connectivity index (χ0) is 18.0. The molecule has 2 N–H and O–H groups in total. The van der Waals surface area contributed by atoms with Crippen molar-refractivity contribution in [2.45, 2.75) is 32.7 Å². The summed E-state index contributed by atoms with van der Waals surface area (Å²) in [5.41, 5.74) is 1.83. The standard InChI is InChI=1S/C20H28N4O2.HI/c1-2-21-20(22-11-6-12-25-15-16-9-10-16)23-14-18-13-19(26-24-18)17-7-4-3-5-8-17;/h3-5,7-8,13,16H,2,6,9-12,14-15H2,1H3,(H2,21,22,23);1H. The Morgan fingerprint density at radius 1 is 1.26 bits per heavy atom. The van der Waals surface area contributed by atoms with E-state index in [1.807, 2.05) is 36.4 Å². The van der Waals surface area contributed by atoms with Gasteiger partial charge in [0.25, 0.3) is 0 Å². The minimum Gasteiger partial charge on any atom is -0.381 e. The molecule has 0 bridgehead atoms. The van der Waals surface area contributed by atoms with Crippen molar-refractivity contribution in [1.82, 2.24) is 15.8 Å². The number of guanidine groups is 1. The van der Waals surface area contributed by atoms with Gasteiger partial charge >= 0.3 is 0 Å². The summed E-state index contributed by atoms with van der Waals surface area (Å²) in [4.78, 5) is 4.58. The number of nitrogens with one attached hydrogen (secondary N) is 2. The smallest absolute Gasteiger partial charge is 0.191 e. The molecule has 0 spiro atoms. The van der Waals surface area contributed by atoms with E-state index in [0.717, 1.165) is 61.6 Å². The van der Waals surface area contributed by atoms with Crippen LogP contribution in [0.4, 0.5) is 0 Å². The molecule has 0 aliphatic heterocycles. The zero-order valence-corrected chi connectivity index (χ0v) is 18.1. The molecule has 0 atom stereocenters. The van der Waals surface area contributed by atoms with Gasteiger partial charge in [0.05, 0.1) is 6.54 Å². The topological polar surface area (TPSA) is 71.7 Å². The molecule has 0 radical (unpaired) electrons. The molecule has 1 fully saturated rings.